The second kappa shape index (κ2) is 17.8. The second-order valence-corrected chi connectivity index (χ2v) is 17.3. The van der Waals surface area contributed by atoms with E-state index in [1.165, 1.54) is 77.4 Å². The molecule has 320 valence electrons. The highest BCUT2D eigenvalue weighted by Crippen LogP contribution is 2.44. The molecule has 2 nitrogen and oxygen atoms in total. The van der Waals surface area contributed by atoms with Crippen molar-refractivity contribution >= 4 is 38.9 Å². The zero-order chi connectivity index (χ0) is 45.2. The van der Waals surface area contributed by atoms with E-state index in [-0.39, 0.29) is 0 Å². The zero-order valence-electron chi connectivity index (χ0n) is 37.5. The molecule has 0 saturated carbocycles. The van der Waals surface area contributed by atoms with Crippen molar-refractivity contribution in [2.24, 2.45) is 0 Å². The fraction of sp³-hybridized carbons (Fsp3) is 0. The third-order valence-corrected chi connectivity index (χ3v) is 13.2. The molecule has 12 aromatic rings. The van der Waals surface area contributed by atoms with Gasteiger partial charge in [0.2, 0.25) is 0 Å². The molecule has 0 aliphatic heterocycles. The van der Waals surface area contributed by atoms with Crippen molar-refractivity contribution in [1.82, 2.24) is 4.57 Å². The Hall–Kier alpha value is -8.98. The van der Waals surface area contributed by atoms with Crippen LogP contribution in [0.5, 0.6) is 0 Å². The molecule has 0 unspecified atom stereocenters. The molecule has 0 saturated heterocycles. The van der Waals surface area contributed by atoms with E-state index >= 15 is 0 Å². The van der Waals surface area contributed by atoms with Crippen LogP contribution in [0.4, 0.5) is 17.1 Å². The third kappa shape index (κ3) is 7.64. The molecule has 0 N–H and O–H groups in total. The zero-order valence-corrected chi connectivity index (χ0v) is 37.5. The van der Waals surface area contributed by atoms with Gasteiger partial charge in [0.25, 0.3) is 0 Å². The molecule has 0 radical (unpaired) electrons. The highest BCUT2D eigenvalue weighted by Gasteiger charge is 2.20. The lowest BCUT2D eigenvalue weighted by atomic mass is 9.94. The topological polar surface area (TPSA) is 8.17 Å². The summed E-state index contributed by atoms with van der Waals surface area (Å²) in [4.78, 5) is 2.40. The van der Waals surface area contributed by atoms with Crippen LogP contribution in [0.25, 0.3) is 94.3 Å². The van der Waals surface area contributed by atoms with Crippen molar-refractivity contribution in [3.8, 4) is 72.4 Å². The Kier molecular flexibility index (Phi) is 10.6. The minimum absolute atomic E-state index is 1.08. The molecule has 0 atom stereocenters. The quantitative estimate of drug-likeness (QED) is 0.133. The van der Waals surface area contributed by atoms with Crippen molar-refractivity contribution in [3.05, 3.63) is 279 Å². The molecule has 0 bridgehead atoms. The van der Waals surface area contributed by atoms with Crippen LogP contribution in [-0.4, -0.2) is 4.57 Å². The molecule has 1 aromatic heterocycles. The summed E-state index contributed by atoms with van der Waals surface area (Å²) in [6, 6.07) is 101. The van der Waals surface area contributed by atoms with Crippen LogP contribution in [0, 0.1) is 0 Å². The third-order valence-electron chi connectivity index (χ3n) is 13.2. The van der Waals surface area contributed by atoms with E-state index in [4.69, 9.17) is 0 Å². The average Bonchev–Trinajstić information content (AvgIpc) is 3.77. The van der Waals surface area contributed by atoms with Crippen molar-refractivity contribution < 1.29 is 0 Å². The molecule has 0 spiro atoms. The van der Waals surface area contributed by atoms with E-state index in [0.29, 0.717) is 0 Å². The van der Waals surface area contributed by atoms with Gasteiger partial charge in [0.1, 0.15) is 0 Å². The van der Waals surface area contributed by atoms with Gasteiger partial charge in [-0.3, -0.25) is 0 Å². The highest BCUT2D eigenvalue weighted by atomic mass is 15.1. The lowest BCUT2D eigenvalue weighted by Gasteiger charge is -2.28. The number of anilines is 3. The molecule has 0 amide bonds. The van der Waals surface area contributed by atoms with Gasteiger partial charge in [-0.15, -0.1) is 0 Å². The summed E-state index contributed by atoms with van der Waals surface area (Å²) in [7, 11) is 0. The Morgan fingerprint density at radius 1 is 0.250 bits per heavy atom. The van der Waals surface area contributed by atoms with Crippen molar-refractivity contribution in [3.63, 3.8) is 0 Å². The van der Waals surface area contributed by atoms with Gasteiger partial charge < -0.3 is 9.47 Å². The number of rotatable bonds is 10. The Labute approximate surface area is 397 Å². The summed E-state index contributed by atoms with van der Waals surface area (Å²) in [5, 5.41) is 2.48. The number of fused-ring (bicyclic) bond motifs is 3. The average molecular weight is 867 g/mol. The van der Waals surface area contributed by atoms with Crippen LogP contribution in [0.3, 0.4) is 0 Å². The largest absolute Gasteiger partial charge is 0.310 e. The predicted octanol–water partition coefficient (Wildman–Crippen LogP) is 18.3. The summed E-state index contributed by atoms with van der Waals surface area (Å²) in [5.74, 6) is 0. The molecule has 11 aromatic carbocycles. The number of hydrogen-bond acceptors (Lipinski definition) is 1. The van der Waals surface area contributed by atoms with Gasteiger partial charge in [-0.2, -0.15) is 0 Å². The van der Waals surface area contributed by atoms with Crippen LogP contribution < -0.4 is 4.90 Å². The van der Waals surface area contributed by atoms with Gasteiger partial charge in [0.15, 0.2) is 0 Å². The van der Waals surface area contributed by atoms with Gasteiger partial charge in [0.05, 0.1) is 16.7 Å². The molecule has 0 aliphatic rings. The molecule has 2 heteroatoms. The second-order valence-electron chi connectivity index (χ2n) is 17.3. The van der Waals surface area contributed by atoms with Crippen LogP contribution in [0.1, 0.15) is 0 Å². The molecular formula is C66H46N2. The van der Waals surface area contributed by atoms with Gasteiger partial charge >= 0.3 is 0 Å². The maximum Gasteiger partial charge on any atom is 0.0547 e. The highest BCUT2D eigenvalue weighted by molar-refractivity contribution is 6.16. The van der Waals surface area contributed by atoms with E-state index < -0.39 is 0 Å². The maximum absolute atomic E-state index is 2.41. The van der Waals surface area contributed by atoms with Gasteiger partial charge in [-0.25, -0.2) is 0 Å². The standard InChI is InChI=1S/C66H46N2/c1-4-16-47(17-5-1)50-30-32-51(33-31-50)54-36-42-58(43-37-54)67(57-40-34-52(35-41-57)48-18-6-2-7-19-48)63-27-12-10-24-60(63)55-22-14-23-56(46-55)61-26-15-29-65-66(61)62-25-11-13-28-64(62)68(65)59-44-38-53(39-45-59)49-20-8-3-9-21-49/h1-46H. The summed E-state index contributed by atoms with van der Waals surface area (Å²) in [6.07, 6.45) is 0. The van der Waals surface area contributed by atoms with E-state index in [2.05, 4.69) is 289 Å². The summed E-state index contributed by atoms with van der Waals surface area (Å²) in [5.41, 5.74) is 21.1. The molecular weight excluding hydrogens is 821 g/mol. The molecule has 0 aliphatic carbocycles. The fourth-order valence-corrected chi connectivity index (χ4v) is 9.89. The smallest absolute Gasteiger partial charge is 0.0547 e. The van der Waals surface area contributed by atoms with E-state index in [0.717, 1.165) is 33.9 Å². The van der Waals surface area contributed by atoms with Crippen molar-refractivity contribution in [2.75, 3.05) is 4.90 Å². The number of aromatic nitrogens is 1. The lowest BCUT2D eigenvalue weighted by molar-refractivity contribution is 1.18. The number of benzene rings is 11. The van der Waals surface area contributed by atoms with Crippen LogP contribution in [0.15, 0.2) is 279 Å². The Bertz CT molecular complexity index is 3670. The number of para-hydroxylation sites is 2. The minimum Gasteiger partial charge on any atom is -0.310 e. The van der Waals surface area contributed by atoms with Crippen molar-refractivity contribution in [1.29, 1.82) is 0 Å². The molecule has 68 heavy (non-hydrogen) atoms. The molecule has 0 fully saturated rings. The van der Waals surface area contributed by atoms with Gasteiger partial charge in [-0.05, 0) is 122 Å². The summed E-state index contributed by atoms with van der Waals surface area (Å²) in [6.45, 7) is 0. The van der Waals surface area contributed by atoms with Gasteiger partial charge in [-0.1, -0.05) is 218 Å². The summed E-state index contributed by atoms with van der Waals surface area (Å²) >= 11 is 0. The number of nitrogens with zero attached hydrogens (tertiary/aromatic N) is 2. The summed E-state index contributed by atoms with van der Waals surface area (Å²) < 4.78 is 2.41. The van der Waals surface area contributed by atoms with Crippen molar-refractivity contribution in [2.45, 2.75) is 0 Å². The van der Waals surface area contributed by atoms with Crippen LogP contribution in [0.2, 0.25) is 0 Å². The number of hydrogen-bond donors (Lipinski definition) is 0. The fourth-order valence-electron chi connectivity index (χ4n) is 9.89. The van der Waals surface area contributed by atoms with E-state index in [1.807, 2.05) is 0 Å². The minimum atomic E-state index is 1.08. The first-order valence-corrected chi connectivity index (χ1v) is 23.3. The monoisotopic (exact) mass is 866 g/mol. The predicted molar refractivity (Wildman–Crippen MR) is 288 cm³/mol. The first-order chi connectivity index (χ1) is 33.7. The maximum atomic E-state index is 2.41. The molecule has 1 heterocycles. The van der Waals surface area contributed by atoms with E-state index in [9.17, 15) is 0 Å². The SMILES string of the molecule is c1ccc(-c2ccc(-c3ccc(N(c4ccc(-c5ccccc5)cc4)c4ccccc4-c4cccc(-c5cccc6c5c5ccccc5n6-c5ccc(-c6ccccc6)cc5)c4)cc3)cc2)cc1. The Morgan fingerprint density at radius 3 is 1.16 bits per heavy atom. The van der Waals surface area contributed by atoms with E-state index in [1.54, 1.807) is 0 Å². The van der Waals surface area contributed by atoms with Crippen LogP contribution in [-0.2, 0) is 0 Å². The Morgan fingerprint density at radius 2 is 0.618 bits per heavy atom. The van der Waals surface area contributed by atoms with Crippen LogP contribution >= 0.6 is 0 Å². The lowest BCUT2D eigenvalue weighted by Crippen LogP contribution is -2.11. The first-order valence-electron chi connectivity index (χ1n) is 23.3. The molecule has 12 rings (SSSR count). The first kappa shape index (κ1) is 40.5. The van der Waals surface area contributed by atoms with Gasteiger partial charge in [0, 0.05) is 33.4 Å². The Balaban J connectivity index is 0.944. The normalized spacial score (nSPS) is 11.2.